The summed E-state index contributed by atoms with van der Waals surface area (Å²) < 4.78 is 13.4. The first-order chi connectivity index (χ1) is 7.66. The first kappa shape index (κ1) is 11.8. The van der Waals surface area contributed by atoms with Gasteiger partial charge >= 0.3 is 0 Å². The van der Waals surface area contributed by atoms with Gasteiger partial charge in [0.2, 0.25) is 0 Å². The number of aliphatic hydroxyl groups is 1. The minimum Gasteiger partial charge on any atom is -0.391 e. The fraction of sp³-hybridized carbons (Fsp3) is 0.500. The average Bonchev–Trinajstić information content (AvgIpc) is 3.04. The molecule has 1 fully saturated rings. The lowest BCUT2D eigenvalue weighted by Gasteiger charge is -2.13. The Morgan fingerprint density at radius 1 is 1.50 bits per heavy atom. The van der Waals surface area contributed by atoms with E-state index in [0.717, 1.165) is 0 Å². The quantitative estimate of drug-likeness (QED) is 0.831. The molecule has 2 rings (SSSR count). The predicted octanol–water partition coefficient (Wildman–Crippen LogP) is 2.13. The maximum Gasteiger partial charge on any atom is 0.127 e. The van der Waals surface area contributed by atoms with E-state index in [9.17, 15) is 9.50 Å². The fourth-order valence-corrected chi connectivity index (χ4v) is 1.87. The van der Waals surface area contributed by atoms with Crippen LogP contribution in [0.4, 0.5) is 4.39 Å². The molecule has 0 radical (unpaired) electrons. The van der Waals surface area contributed by atoms with Crippen LogP contribution < -0.4 is 5.32 Å². The highest BCUT2D eigenvalue weighted by atomic mass is 35.5. The van der Waals surface area contributed by atoms with Gasteiger partial charge in [0.05, 0.1) is 6.10 Å². The number of rotatable bonds is 5. The Morgan fingerprint density at radius 2 is 2.25 bits per heavy atom. The van der Waals surface area contributed by atoms with Crippen molar-refractivity contribution >= 4 is 11.6 Å². The average molecular weight is 244 g/mol. The standard InChI is InChI=1S/C12H15ClFNO/c13-11-2-1-3-12(14)10(11)6-9(16)7-15-8-4-5-8/h1-3,8-9,15-16H,4-7H2. The van der Waals surface area contributed by atoms with Gasteiger partial charge in [0.1, 0.15) is 5.82 Å². The summed E-state index contributed by atoms with van der Waals surface area (Å²) in [5, 5.41) is 13.3. The molecule has 16 heavy (non-hydrogen) atoms. The van der Waals surface area contributed by atoms with Crippen molar-refractivity contribution in [2.45, 2.75) is 31.4 Å². The Kier molecular flexibility index (Phi) is 3.79. The molecule has 0 spiro atoms. The zero-order chi connectivity index (χ0) is 11.5. The second kappa shape index (κ2) is 5.13. The molecule has 0 aliphatic heterocycles. The van der Waals surface area contributed by atoms with E-state index < -0.39 is 6.10 Å². The third-order valence-corrected chi connectivity index (χ3v) is 3.08. The summed E-state index contributed by atoms with van der Waals surface area (Å²) in [5.41, 5.74) is 0.397. The number of halogens is 2. The van der Waals surface area contributed by atoms with Crippen molar-refractivity contribution in [1.82, 2.24) is 5.32 Å². The maximum absolute atomic E-state index is 13.4. The molecule has 0 heterocycles. The van der Waals surface area contributed by atoms with E-state index in [1.807, 2.05) is 0 Å². The Hall–Kier alpha value is -0.640. The van der Waals surface area contributed by atoms with E-state index in [1.165, 1.54) is 18.9 Å². The van der Waals surface area contributed by atoms with Crippen LogP contribution in [0.2, 0.25) is 5.02 Å². The van der Waals surface area contributed by atoms with Crippen LogP contribution in [0, 0.1) is 5.82 Å². The molecule has 1 aromatic rings. The highest BCUT2D eigenvalue weighted by molar-refractivity contribution is 6.31. The molecular formula is C12H15ClFNO. The van der Waals surface area contributed by atoms with E-state index >= 15 is 0 Å². The molecule has 0 bridgehead atoms. The van der Waals surface area contributed by atoms with Gasteiger partial charge < -0.3 is 10.4 Å². The van der Waals surface area contributed by atoms with E-state index in [2.05, 4.69) is 5.32 Å². The molecule has 2 nitrogen and oxygen atoms in total. The number of aliphatic hydroxyl groups excluding tert-OH is 1. The summed E-state index contributed by atoms with van der Waals surface area (Å²) in [7, 11) is 0. The van der Waals surface area contributed by atoms with Crippen LogP contribution in [-0.2, 0) is 6.42 Å². The summed E-state index contributed by atoms with van der Waals surface area (Å²) in [4.78, 5) is 0. The van der Waals surface area contributed by atoms with Crippen LogP contribution in [0.5, 0.6) is 0 Å². The molecule has 1 saturated carbocycles. The molecule has 4 heteroatoms. The zero-order valence-corrected chi connectivity index (χ0v) is 9.67. The molecule has 0 amide bonds. The van der Waals surface area contributed by atoms with Crippen molar-refractivity contribution in [2.24, 2.45) is 0 Å². The molecule has 88 valence electrons. The van der Waals surface area contributed by atoms with Crippen LogP contribution >= 0.6 is 11.6 Å². The Bertz CT molecular complexity index is 348. The zero-order valence-electron chi connectivity index (χ0n) is 8.92. The smallest absolute Gasteiger partial charge is 0.127 e. The lowest BCUT2D eigenvalue weighted by atomic mass is 10.1. The van der Waals surface area contributed by atoms with Crippen molar-refractivity contribution in [2.75, 3.05) is 6.54 Å². The Labute approximate surface area is 99.4 Å². The number of hydrogen-bond acceptors (Lipinski definition) is 2. The van der Waals surface area contributed by atoms with Gasteiger partial charge in [-0.05, 0) is 25.0 Å². The van der Waals surface area contributed by atoms with Crippen LogP contribution in [0.3, 0.4) is 0 Å². The summed E-state index contributed by atoms with van der Waals surface area (Å²) >= 11 is 5.88. The van der Waals surface area contributed by atoms with Crippen molar-refractivity contribution in [3.63, 3.8) is 0 Å². The van der Waals surface area contributed by atoms with Crippen molar-refractivity contribution in [3.8, 4) is 0 Å². The molecule has 1 unspecified atom stereocenters. The third-order valence-electron chi connectivity index (χ3n) is 2.72. The second-order valence-electron chi connectivity index (χ2n) is 4.24. The fourth-order valence-electron chi connectivity index (χ4n) is 1.63. The van der Waals surface area contributed by atoms with Crippen LogP contribution in [0.15, 0.2) is 18.2 Å². The largest absolute Gasteiger partial charge is 0.391 e. The minimum atomic E-state index is -0.588. The topological polar surface area (TPSA) is 32.3 Å². The van der Waals surface area contributed by atoms with Crippen LogP contribution in [-0.4, -0.2) is 23.8 Å². The van der Waals surface area contributed by atoms with Crippen LogP contribution in [0.25, 0.3) is 0 Å². The molecule has 1 aliphatic carbocycles. The van der Waals surface area contributed by atoms with Crippen LogP contribution in [0.1, 0.15) is 18.4 Å². The van der Waals surface area contributed by atoms with Crippen molar-refractivity contribution in [3.05, 3.63) is 34.6 Å². The molecule has 2 N–H and O–H groups in total. The molecule has 1 aliphatic rings. The van der Waals surface area contributed by atoms with Gasteiger partial charge in [-0.1, -0.05) is 17.7 Å². The maximum atomic E-state index is 13.4. The van der Waals surface area contributed by atoms with Gasteiger partial charge in [-0.25, -0.2) is 4.39 Å². The Morgan fingerprint density at radius 3 is 2.88 bits per heavy atom. The molecule has 1 aromatic carbocycles. The lowest BCUT2D eigenvalue weighted by molar-refractivity contribution is 0.170. The highest BCUT2D eigenvalue weighted by Gasteiger charge is 2.21. The summed E-state index contributed by atoms with van der Waals surface area (Å²) in [5.74, 6) is -0.349. The summed E-state index contributed by atoms with van der Waals surface area (Å²) in [6.07, 6.45) is 2.01. The number of benzene rings is 1. The number of hydrogen-bond donors (Lipinski definition) is 2. The SMILES string of the molecule is OC(CNC1CC1)Cc1c(F)cccc1Cl. The molecule has 0 saturated heterocycles. The summed E-state index contributed by atoms with van der Waals surface area (Å²) in [6, 6.07) is 5.12. The lowest BCUT2D eigenvalue weighted by Crippen LogP contribution is -2.30. The van der Waals surface area contributed by atoms with E-state index in [1.54, 1.807) is 12.1 Å². The molecular weight excluding hydrogens is 229 g/mol. The van der Waals surface area contributed by atoms with Gasteiger partial charge in [0.15, 0.2) is 0 Å². The van der Waals surface area contributed by atoms with E-state index in [4.69, 9.17) is 11.6 Å². The molecule has 0 aromatic heterocycles. The monoisotopic (exact) mass is 243 g/mol. The minimum absolute atomic E-state index is 0.255. The van der Waals surface area contributed by atoms with Gasteiger partial charge in [-0.2, -0.15) is 0 Å². The first-order valence-electron chi connectivity index (χ1n) is 5.51. The predicted molar refractivity (Wildman–Crippen MR) is 62.1 cm³/mol. The Balaban J connectivity index is 1.91. The van der Waals surface area contributed by atoms with Crippen molar-refractivity contribution in [1.29, 1.82) is 0 Å². The van der Waals surface area contributed by atoms with E-state index in [0.29, 0.717) is 23.2 Å². The summed E-state index contributed by atoms with van der Waals surface area (Å²) in [6.45, 7) is 0.495. The van der Waals surface area contributed by atoms with Gasteiger partial charge in [0, 0.05) is 29.6 Å². The highest BCUT2D eigenvalue weighted by Crippen LogP contribution is 2.21. The van der Waals surface area contributed by atoms with Gasteiger partial charge in [-0.15, -0.1) is 0 Å². The first-order valence-corrected chi connectivity index (χ1v) is 5.89. The van der Waals surface area contributed by atoms with E-state index in [-0.39, 0.29) is 12.2 Å². The normalized spacial score (nSPS) is 17.4. The van der Waals surface area contributed by atoms with Gasteiger partial charge in [-0.3, -0.25) is 0 Å². The second-order valence-corrected chi connectivity index (χ2v) is 4.65. The third kappa shape index (κ3) is 3.17. The van der Waals surface area contributed by atoms with Gasteiger partial charge in [0.25, 0.3) is 0 Å². The number of nitrogens with one attached hydrogen (secondary N) is 1. The molecule has 1 atom stereocenters. The van der Waals surface area contributed by atoms with Crippen molar-refractivity contribution < 1.29 is 9.50 Å².